The van der Waals surface area contributed by atoms with Crippen molar-refractivity contribution in [3.63, 3.8) is 0 Å². The van der Waals surface area contributed by atoms with Gasteiger partial charge in [-0.1, -0.05) is 35.8 Å². The normalized spacial score (nSPS) is 21.2. The van der Waals surface area contributed by atoms with Gasteiger partial charge in [-0.2, -0.15) is 0 Å². The first-order chi connectivity index (χ1) is 9.02. The molecule has 0 bridgehead atoms. The second kappa shape index (κ2) is 6.27. The van der Waals surface area contributed by atoms with Gasteiger partial charge >= 0.3 is 0 Å². The monoisotopic (exact) mass is 324 g/mol. The van der Waals surface area contributed by atoms with E-state index >= 15 is 0 Å². The van der Waals surface area contributed by atoms with Gasteiger partial charge in [-0.15, -0.1) is 0 Å². The van der Waals surface area contributed by atoms with Crippen molar-refractivity contribution < 1.29 is 0 Å². The van der Waals surface area contributed by atoms with Crippen molar-refractivity contribution in [1.82, 2.24) is 5.32 Å². The molecule has 1 aliphatic heterocycles. The lowest BCUT2D eigenvalue weighted by Gasteiger charge is -2.22. The van der Waals surface area contributed by atoms with Crippen molar-refractivity contribution in [2.24, 2.45) is 11.8 Å². The van der Waals surface area contributed by atoms with Crippen LogP contribution >= 0.6 is 15.9 Å². The SMILES string of the molecule is CNC(C)c1ccc(N2CCC(C(C)C)C2)cc1Br. The number of hydrogen-bond acceptors (Lipinski definition) is 2. The summed E-state index contributed by atoms with van der Waals surface area (Å²) in [6.45, 7) is 9.25. The topological polar surface area (TPSA) is 15.3 Å². The first-order valence-electron chi connectivity index (χ1n) is 7.24. The number of hydrogen-bond donors (Lipinski definition) is 1. The summed E-state index contributed by atoms with van der Waals surface area (Å²) in [5, 5.41) is 3.29. The Labute approximate surface area is 125 Å². The highest BCUT2D eigenvalue weighted by atomic mass is 79.9. The second-order valence-electron chi connectivity index (χ2n) is 5.95. The molecular formula is C16H25BrN2. The molecule has 2 unspecified atom stereocenters. The molecule has 2 nitrogen and oxygen atoms in total. The quantitative estimate of drug-likeness (QED) is 0.892. The number of nitrogens with zero attached hydrogens (tertiary/aromatic N) is 1. The van der Waals surface area contributed by atoms with Crippen molar-refractivity contribution in [2.75, 3.05) is 25.0 Å². The first kappa shape index (κ1) is 14.9. The molecule has 1 N–H and O–H groups in total. The molecular weight excluding hydrogens is 300 g/mol. The van der Waals surface area contributed by atoms with Gasteiger partial charge in [-0.05, 0) is 49.9 Å². The van der Waals surface area contributed by atoms with E-state index in [9.17, 15) is 0 Å². The largest absolute Gasteiger partial charge is 0.371 e. The highest BCUT2D eigenvalue weighted by Gasteiger charge is 2.25. The van der Waals surface area contributed by atoms with Gasteiger partial charge in [0, 0.05) is 29.3 Å². The molecule has 106 valence electrons. The Bertz CT molecular complexity index is 431. The van der Waals surface area contributed by atoms with Crippen LogP contribution in [0.3, 0.4) is 0 Å². The zero-order valence-corrected chi connectivity index (χ0v) is 14.0. The summed E-state index contributed by atoms with van der Waals surface area (Å²) >= 11 is 3.71. The molecule has 0 saturated carbocycles. The fourth-order valence-electron chi connectivity index (χ4n) is 2.79. The van der Waals surface area contributed by atoms with Crippen LogP contribution in [0.2, 0.25) is 0 Å². The van der Waals surface area contributed by atoms with E-state index in [-0.39, 0.29) is 0 Å². The number of rotatable bonds is 4. The van der Waals surface area contributed by atoms with Crippen LogP contribution in [0.25, 0.3) is 0 Å². The Balaban J connectivity index is 2.13. The van der Waals surface area contributed by atoms with Gasteiger partial charge in [0.15, 0.2) is 0 Å². The molecule has 1 aliphatic rings. The number of anilines is 1. The fraction of sp³-hybridized carbons (Fsp3) is 0.625. The maximum Gasteiger partial charge on any atom is 0.0377 e. The van der Waals surface area contributed by atoms with Crippen LogP contribution in [0.1, 0.15) is 38.8 Å². The molecule has 1 saturated heterocycles. The van der Waals surface area contributed by atoms with Crippen LogP contribution in [0.15, 0.2) is 22.7 Å². The summed E-state index contributed by atoms with van der Waals surface area (Å²) in [7, 11) is 2.00. The Morgan fingerprint density at radius 2 is 2.05 bits per heavy atom. The molecule has 1 fully saturated rings. The van der Waals surface area contributed by atoms with Crippen molar-refractivity contribution >= 4 is 21.6 Å². The Morgan fingerprint density at radius 3 is 2.58 bits per heavy atom. The zero-order valence-electron chi connectivity index (χ0n) is 12.4. The lowest BCUT2D eigenvalue weighted by Crippen LogP contribution is -2.21. The predicted octanol–water partition coefficient (Wildman–Crippen LogP) is 4.21. The fourth-order valence-corrected chi connectivity index (χ4v) is 3.50. The maximum atomic E-state index is 3.71. The summed E-state index contributed by atoms with van der Waals surface area (Å²) in [6, 6.07) is 7.15. The Kier molecular flexibility index (Phi) is 4.91. The van der Waals surface area contributed by atoms with Crippen LogP contribution in [0.4, 0.5) is 5.69 Å². The van der Waals surface area contributed by atoms with E-state index in [4.69, 9.17) is 0 Å². The number of benzene rings is 1. The molecule has 0 spiro atoms. The molecule has 2 rings (SSSR count). The van der Waals surface area contributed by atoms with Gasteiger partial charge in [0.2, 0.25) is 0 Å². The summed E-state index contributed by atoms with van der Waals surface area (Å²) < 4.78 is 1.21. The smallest absolute Gasteiger partial charge is 0.0377 e. The molecule has 1 aromatic carbocycles. The standard InChI is InChI=1S/C16H25BrN2/c1-11(2)13-7-8-19(10-13)14-5-6-15(12(3)18-4)16(17)9-14/h5-6,9,11-13,18H,7-8,10H2,1-4H3. The molecule has 0 aliphatic carbocycles. The molecule has 1 heterocycles. The molecule has 2 atom stereocenters. The molecule has 0 amide bonds. The van der Waals surface area contributed by atoms with Crippen molar-refractivity contribution in [3.05, 3.63) is 28.2 Å². The molecule has 0 aromatic heterocycles. The van der Waals surface area contributed by atoms with Crippen molar-refractivity contribution in [1.29, 1.82) is 0 Å². The predicted molar refractivity (Wildman–Crippen MR) is 86.8 cm³/mol. The van der Waals surface area contributed by atoms with Crippen molar-refractivity contribution in [3.8, 4) is 0 Å². The zero-order chi connectivity index (χ0) is 14.0. The van der Waals surface area contributed by atoms with Crippen LogP contribution < -0.4 is 10.2 Å². The van der Waals surface area contributed by atoms with Gasteiger partial charge in [0.1, 0.15) is 0 Å². The highest BCUT2D eigenvalue weighted by molar-refractivity contribution is 9.10. The summed E-state index contributed by atoms with van der Waals surface area (Å²) in [6.07, 6.45) is 1.32. The van der Waals surface area contributed by atoms with E-state index in [2.05, 4.69) is 65.1 Å². The van der Waals surface area contributed by atoms with Gasteiger partial charge in [-0.3, -0.25) is 0 Å². The van der Waals surface area contributed by atoms with Crippen LogP contribution in [0, 0.1) is 11.8 Å². The summed E-state index contributed by atoms with van der Waals surface area (Å²) in [5.41, 5.74) is 2.67. The maximum absolute atomic E-state index is 3.71. The average molecular weight is 325 g/mol. The minimum Gasteiger partial charge on any atom is -0.371 e. The third-order valence-corrected chi connectivity index (χ3v) is 5.10. The van der Waals surface area contributed by atoms with Gasteiger partial charge < -0.3 is 10.2 Å². The first-order valence-corrected chi connectivity index (χ1v) is 8.04. The van der Waals surface area contributed by atoms with Crippen LogP contribution in [0.5, 0.6) is 0 Å². The van der Waals surface area contributed by atoms with E-state index in [1.165, 1.54) is 35.2 Å². The molecule has 3 heteroatoms. The van der Waals surface area contributed by atoms with Gasteiger partial charge in [-0.25, -0.2) is 0 Å². The van der Waals surface area contributed by atoms with E-state index in [1.807, 2.05) is 7.05 Å². The molecule has 1 aromatic rings. The van der Waals surface area contributed by atoms with E-state index < -0.39 is 0 Å². The Morgan fingerprint density at radius 1 is 1.32 bits per heavy atom. The second-order valence-corrected chi connectivity index (χ2v) is 6.81. The summed E-state index contributed by atoms with van der Waals surface area (Å²) in [5.74, 6) is 1.63. The molecule has 19 heavy (non-hydrogen) atoms. The van der Waals surface area contributed by atoms with Gasteiger partial charge in [0.25, 0.3) is 0 Å². The lowest BCUT2D eigenvalue weighted by molar-refractivity contribution is 0.423. The van der Waals surface area contributed by atoms with Crippen LogP contribution in [-0.4, -0.2) is 20.1 Å². The Hall–Kier alpha value is -0.540. The van der Waals surface area contributed by atoms with Crippen molar-refractivity contribution in [2.45, 2.75) is 33.2 Å². The third kappa shape index (κ3) is 3.32. The van der Waals surface area contributed by atoms with E-state index in [1.54, 1.807) is 0 Å². The van der Waals surface area contributed by atoms with E-state index in [0.29, 0.717) is 6.04 Å². The summed E-state index contributed by atoms with van der Waals surface area (Å²) in [4.78, 5) is 2.52. The third-order valence-electron chi connectivity index (χ3n) is 4.42. The highest BCUT2D eigenvalue weighted by Crippen LogP contribution is 2.32. The van der Waals surface area contributed by atoms with E-state index in [0.717, 1.165) is 11.8 Å². The lowest BCUT2D eigenvalue weighted by atomic mass is 9.95. The van der Waals surface area contributed by atoms with Crippen LogP contribution in [-0.2, 0) is 0 Å². The van der Waals surface area contributed by atoms with Gasteiger partial charge in [0.05, 0.1) is 0 Å². The molecule has 0 radical (unpaired) electrons. The number of halogens is 1. The minimum atomic E-state index is 0.380. The average Bonchev–Trinajstić information content (AvgIpc) is 2.87. The number of nitrogens with one attached hydrogen (secondary N) is 1. The minimum absolute atomic E-state index is 0.380.